The lowest BCUT2D eigenvalue weighted by atomic mass is 9.72. The van der Waals surface area contributed by atoms with Crippen LogP contribution in [0.2, 0.25) is 0 Å². The normalized spacial score (nSPS) is 25.2. The first-order valence-electron chi connectivity index (χ1n) is 7.18. The summed E-state index contributed by atoms with van der Waals surface area (Å²) < 4.78 is 0. The highest BCUT2D eigenvalue weighted by atomic mass is 16.3. The van der Waals surface area contributed by atoms with Crippen LogP contribution in [0.1, 0.15) is 42.4 Å². The zero-order valence-corrected chi connectivity index (χ0v) is 11.7. The van der Waals surface area contributed by atoms with Crippen molar-refractivity contribution in [2.45, 2.75) is 37.7 Å². The Morgan fingerprint density at radius 2 is 1.80 bits per heavy atom. The minimum absolute atomic E-state index is 0.262. The maximum atomic E-state index is 11.1. The number of fused-ring (bicyclic) bond motifs is 1. The first kappa shape index (κ1) is 13.2. The zero-order valence-electron chi connectivity index (χ0n) is 11.7. The Balaban J connectivity index is 1.96. The molecule has 0 radical (unpaired) electrons. The Bertz CT molecular complexity index is 603. The maximum absolute atomic E-state index is 11.1. The lowest BCUT2D eigenvalue weighted by molar-refractivity contribution is 0.0159. The minimum Gasteiger partial charge on any atom is -0.508 e. The number of hydrogen-bond donors (Lipinski definition) is 2. The molecule has 2 N–H and O–H groups in total. The molecule has 0 amide bonds. The zero-order chi connectivity index (χ0) is 14.2. The molecule has 20 heavy (non-hydrogen) atoms. The van der Waals surface area contributed by atoms with Crippen molar-refractivity contribution in [1.29, 1.82) is 0 Å². The largest absolute Gasteiger partial charge is 0.508 e. The fourth-order valence-corrected chi connectivity index (χ4v) is 3.23. The van der Waals surface area contributed by atoms with Crippen LogP contribution in [0.5, 0.6) is 5.75 Å². The highest BCUT2D eigenvalue weighted by molar-refractivity contribution is 5.39. The van der Waals surface area contributed by atoms with Crippen molar-refractivity contribution in [2.75, 3.05) is 0 Å². The second-order valence-corrected chi connectivity index (χ2v) is 5.90. The molecule has 2 nitrogen and oxygen atoms in total. The lowest BCUT2D eigenvalue weighted by Gasteiger charge is -2.37. The molecule has 1 aliphatic carbocycles. The second kappa shape index (κ2) is 4.95. The van der Waals surface area contributed by atoms with E-state index in [9.17, 15) is 10.2 Å². The lowest BCUT2D eigenvalue weighted by Crippen LogP contribution is -2.33. The van der Waals surface area contributed by atoms with Gasteiger partial charge in [0, 0.05) is 6.42 Å². The van der Waals surface area contributed by atoms with Crippen molar-refractivity contribution < 1.29 is 10.2 Å². The summed E-state index contributed by atoms with van der Waals surface area (Å²) in [7, 11) is 0. The standard InChI is InChI=1S/C18H20O2/c1-13-10-11-18(20,17-5-3-2-4-16(13)17)12-14-6-8-15(19)9-7-14/h2-9,13,19-20H,10-12H2,1H3. The number of rotatable bonds is 2. The Morgan fingerprint density at radius 3 is 2.55 bits per heavy atom. The summed E-state index contributed by atoms with van der Waals surface area (Å²) in [6.07, 6.45) is 2.38. The molecule has 2 unspecified atom stereocenters. The first-order valence-corrected chi connectivity index (χ1v) is 7.18. The Hall–Kier alpha value is -1.80. The van der Waals surface area contributed by atoms with Gasteiger partial charge >= 0.3 is 0 Å². The fourth-order valence-electron chi connectivity index (χ4n) is 3.23. The molecule has 0 aromatic heterocycles. The van der Waals surface area contributed by atoms with Crippen molar-refractivity contribution >= 4 is 0 Å². The smallest absolute Gasteiger partial charge is 0.115 e. The summed E-state index contributed by atoms with van der Waals surface area (Å²) in [5, 5.41) is 20.5. The van der Waals surface area contributed by atoms with Crippen LogP contribution in [0.25, 0.3) is 0 Å². The van der Waals surface area contributed by atoms with Crippen LogP contribution in [0, 0.1) is 0 Å². The van der Waals surface area contributed by atoms with Crippen LogP contribution in [0.3, 0.4) is 0 Å². The van der Waals surface area contributed by atoms with E-state index in [4.69, 9.17) is 0 Å². The molecular weight excluding hydrogens is 248 g/mol. The van der Waals surface area contributed by atoms with Crippen LogP contribution < -0.4 is 0 Å². The van der Waals surface area contributed by atoms with E-state index in [1.54, 1.807) is 12.1 Å². The van der Waals surface area contributed by atoms with Crippen molar-refractivity contribution in [3.05, 3.63) is 65.2 Å². The molecule has 2 atom stereocenters. The van der Waals surface area contributed by atoms with Gasteiger partial charge in [0.1, 0.15) is 5.75 Å². The van der Waals surface area contributed by atoms with Gasteiger partial charge in [-0.05, 0) is 47.6 Å². The molecule has 0 heterocycles. The van der Waals surface area contributed by atoms with Crippen molar-refractivity contribution in [3.8, 4) is 5.75 Å². The first-order chi connectivity index (χ1) is 9.58. The maximum Gasteiger partial charge on any atom is 0.115 e. The van der Waals surface area contributed by atoms with E-state index in [1.807, 2.05) is 30.3 Å². The Kier molecular flexibility index (Phi) is 3.27. The average molecular weight is 268 g/mol. The van der Waals surface area contributed by atoms with E-state index in [0.717, 1.165) is 24.0 Å². The van der Waals surface area contributed by atoms with E-state index < -0.39 is 5.60 Å². The Morgan fingerprint density at radius 1 is 1.10 bits per heavy atom. The van der Waals surface area contributed by atoms with E-state index >= 15 is 0 Å². The predicted octanol–water partition coefficient (Wildman–Crippen LogP) is 3.72. The minimum atomic E-state index is -0.792. The third-order valence-electron chi connectivity index (χ3n) is 4.42. The van der Waals surface area contributed by atoms with Gasteiger partial charge in [0.25, 0.3) is 0 Å². The van der Waals surface area contributed by atoms with Gasteiger partial charge in [-0.15, -0.1) is 0 Å². The third-order valence-corrected chi connectivity index (χ3v) is 4.42. The Labute approximate surface area is 119 Å². The number of aliphatic hydroxyl groups is 1. The molecular formula is C18H20O2. The monoisotopic (exact) mass is 268 g/mol. The number of aromatic hydroxyl groups is 1. The SMILES string of the molecule is CC1CCC(O)(Cc2ccc(O)cc2)c2ccccc21. The number of hydrogen-bond acceptors (Lipinski definition) is 2. The molecule has 0 fully saturated rings. The summed E-state index contributed by atoms with van der Waals surface area (Å²) in [5.41, 5.74) is 2.58. The molecule has 2 heteroatoms. The van der Waals surface area contributed by atoms with Gasteiger partial charge in [0.15, 0.2) is 0 Å². The quantitative estimate of drug-likeness (QED) is 0.871. The molecule has 0 saturated carbocycles. The van der Waals surface area contributed by atoms with E-state index in [2.05, 4.69) is 13.0 Å². The van der Waals surface area contributed by atoms with E-state index in [1.165, 1.54) is 5.56 Å². The van der Waals surface area contributed by atoms with E-state index in [-0.39, 0.29) is 5.75 Å². The predicted molar refractivity (Wildman–Crippen MR) is 79.8 cm³/mol. The molecule has 104 valence electrons. The molecule has 3 rings (SSSR count). The topological polar surface area (TPSA) is 40.5 Å². The van der Waals surface area contributed by atoms with Gasteiger partial charge < -0.3 is 10.2 Å². The molecule has 2 aromatic rings. The van der Waals surface area contributed by atoms with Gasteiger partial charge in [-0.1, -0.05) is 43.3 Å². The van der Waals surface area contributed by atoms with Gasteiger partial charge in [-0.25, -0.2) is 0 Å². The summed E-state index contributed by atoms with van der Waals surface area (Å²) in [5.74, 6) is 0.768. The average Bonchev–Trinajstić information content (AvgIpc) is 2.46. The van der Waals surface area contributed by atoms with Crippen LogP contribution in [0.15, 0.2) is 48.5 Å². The highest BCUT2D eigenvalue weighted by Gasteiger charge is 2.36. The molecule has 1 aliphatic rings. The molecule has 2 aromatic carbocycles. The third kappa shape index (κ3) is 2.32. The fraction of sp³-hybridized carbons (Fsp3) is 0.333. The van der Waals surface area contributed by atoms with Crippen molar-refractivity contribution in [1.82, 2.24) is 0 Å². The van der Waals surface area contributed by atoms with E-state index in [0.29, 0.717) is 12.3 Å². The van der Waals surface area contributed by atoms with Crippen LogP contribution in [-0.2, 0) is 12.0 Å². The summed E-state index contributed by atoms with van der Waals surface area (Å²) in [4.78, 5) is 0. The molecule has 0 bridgehead atoms. The molecule has 0 spiro atoms. The summed E-state index contributed by atoms with van der Waals surface area (Å²) in [6.45, 7) is 2.22. The van der Waals surface area contributed by atoms with Crippen LogP contribution >= 0.6 is 0 Å². The number of benzene rings is 2. The highest BCUT2D eigenvalue weighted by Crippen LogP contribution is 2.42. The summed E-state index contributed by atoms with van der Waals surface area (Å²) in [6, 6.07) is 15.3. The van der Waals surface area contributed by atoms with Gasteiger partial charge in [0.05, 0.1) is 5.60 Å². The number of phenols is 1. The van der Waals surface area contributed by atoms with Crippen molar-refractivity contribution in [3.63, 3.8) is 0 Å². The molecule has 0 aliphatic heterocycles. The van der Waals surface area contributed by atoms with Crippen molar-refractivity contribution in [2.24, 2.45) is 0 Å². The van der Waals surface area contributed by atoms with Gasteiger partial charge in [-0.3, -0.25) is 0 Å². The van der Waals surface area contributed by atoms with Crippen LogP contribution in [0.4, 0.5) is 0 Å². The summed E-state index contributed by atoms with van der Waals surface area (Å²) >= 11 is 0. The van der Waals surface area contributed by atoms with Crippen LogP contribution in [-0.4, -0.2) is 10.2 Å². The van der Waals surface area contributed by atoms with Gasteiger partial charge in [-0.2, -0.15) is 0 Å². The van der Waals surface area contributed by atoms with Gasteiger partial charge in [0.2, 0.25) is 0 Å². The number of phenolic OH excluding ortho intramolecular Hbond substituents is 1. The molecule has 0 saturated heterocycles. The second-order valence-electron chi connectivity index (χ2n) is 5.90.